The molecule has 0 aromatic carbocycles. The molecule has 0 aliphatic rings. The van der Waals surface area contributed by atoms with Crippen LogP contribution in [0.5, 0.6) is 0 Å². The van der Waals surface area contributed by atoms with Crippen LogP contribution in [-0.2, 0) is 32.6 Å². The molecule has 3 N–H and O–H groups in total. The maximum absolute atomic E-state index is 11.9. The molecule has 0 aliphatic heterocycles. The quantitative estimate of drug-likeness (QED) is 0.0623. The SMILES string of the molecule is CCCCCCCCCCCCCCCCOC[C@H](COP(=O)(O)OCCN)OCCCCC(=O)OC. The van der Waals surface area contributed by atoms with Gasteiger partial charge in [-0.1, -0.05) is 90.4 Å². The first-order chi connectivity index (χ1) is 17.9. The van der Waals surface area contributed by atoms with Gasteiger partial charge >= 0.3 is 13.8 Å². The molecule has 0 spiro atoms. The molecule has 9 nitrogen and oxygen atoms in total. The molecule has 10 heteroatoms. The first-order valence-corrected chi connectivity index (χ1v) is 16.0. The number of rotatable bonds is 29. The summed E-state index contributed by atoms with van der Waals surface area (Å²) in [5.41, 5.74) is 5.30. The van der Waals surface area contributed by atoms with Gasteiger partial charge in [0.15, 0.2) is 0 Å². The van der Waals surface area contributed by atoms with E-state index in [0.717, 1.165) is 12.8 Å². The molecular weight excluding hydrogens is 497 g/mol. The number of carbonyl (C=O) groups excluding carboxylic acids is 1. The van der Waals surface area contributed by atoms with E-state index in [9.17, 15) is 14.3 Å². The molecule has 0 aromatic heterocycles. The van der Waals surface area contributed by atoms with Gasteiger partial charge in [0, 0.05) is 26.2 Å². The molecule has 0 saturated carbocycles. The van der Waals surface area contributed by atoms with Gasteiger partial charge in [-0.25, -0.2) is 4.57 Å². The van der Waals surface area contributed by atoms with E-state index in [-0.39, 0.29) is 32.3 Å². The highest BCUT2D eigenvalue weighted by Crippen LogP contribution is 2.43. The van der Waals surface area contributed by atoms with Gasteiger partial charge in [0.1, 0.15) is 6.10 Å². The molecule has 0 bridgehead atoms. The molecule has 0 fully saturated rings. The highest BCUT2D eigenvalue weighted by atomic mass is 31.2. The number of hydrogen-bond acceptors (Lipinski definition) is 8. The van der Waals surface area contributed by atoms with E-state index in [1.165, 1.54) is 84.2 Å². The first-order valence-electron chi connectivity index (χ1n) is 14.5. The summed E-state index contributed by atoms with van der Waals surface area (Å²) in [4.78, 5) is 20.9. The molecule has 2 atom stereocenters. The number of carbonyl (C=O) groups is 1. The van der Waals surface area contributed by atoms with Crippen molar-refractivity contribution in [1.82, 2.24) is 0 Å². The minimum absolute atomic E-state index is 0.0670. The summed E-state index contributed by atoms with van der Waals surface area (Å²) >= 11 is 0. The summed E-state index contributed by atoms with van der Waals surface area (Å²) < 4.78 is 37.8. The topological polar surface area (TPSA) is 127 Å². The van der Waals surface area contributed by atoms with E-state index in [1.54, 1.807) is 0 Å². The van der Waals surface area contributed by atoms with Crippen LogP contribution < -0.4 is 5.73 Å². The summed E-state index contributed by atoms with van der Waals surface area (Å²) in [6, 6.07) is 0. The molecule has 222 valence electrons. The zero-order valence-electron chi connectivity index (χ0n) is 23.7. The Bertz CT molecular complexity index is 552. The van der Waals surface area contributed by atoms with Crippen LogP contribution in [0.2, 0.25) is 0 Å². The number of methoxy groups -OCH3 is 1. The largest absolute Gasteiger partial charge is 0.472 e. The Kier molecular flexibility index (Phi) is 26.6. The van der Waals surface area contributed by atoms with Crippen LogP contribution in [-0.4, -0.2) is 63.7 Å². The summed E-state index contributed by atoms with van der Waals surface area (Å²) in [6.45, 7) is 3.43. The van der Waals surface area contributed by atoms with Crippen LogP contribution in [0.25, 0.3) is 0 Å². The standard InChI is InChI=1S/C27H56NO8P/c1-3-4-5-6-7-8-9-10-11-12-13-14-15-17-21-33-24-26(25-36-37(30,31)35-23-20-28)34-22-18-16-19-27(29)32-2/h26H,3-25,28H2,1-2H3,(H,30,31)/t26-/m1/s1. The molecule has 0 rings (SSSR count). The Balaban J connectivity index is 3.90. The van der Waals surface area contributed by atoms with Gasteiger partial charge in [-0.3, -0.25) is 13.8 Å². The van der Waals surface area contributed by atoms with Crippen molar-refractivity contribution in [2.75, 3.05) is 46.7 Å². The van der Waals surface area contributed by atoms with E-state index in [1.807, 2.05) is 0 Å². The van der Waals surface area contributed by atoms with Crippen LogP contribution in [0.1, 0.15) is 116 Å². The van der Waals surface area contributed by atoms with Crippen LogP contribution in [0.4, 0.5) is 0 Å². The van der Waals surface area contributed by atoms with Gasteiger partial charge in [-0.05, 0) is 19.3 Å². The third kappa shape index (κ3) is 26.8. The van der Waals surface area contributed by atoms with Crippen LogP contribution in [0.3, 0.4) is 0 Å². The van der Waals surface area contributed by atoms with Crippen LogP contribution in [0, 0.1) is 0 Å². The Morgan fingerprint density at radius 1 is 0.757 bits per heavy atom. The number of phosphoric acid groups is 1. The van der Waals surface area contributed by atoms with Gasteiger partial charge in [0.2, 0.25) is 0 Å². The fourth-order valence-corrected chi connectivity index (χ4v) is 4.63. The average Bonchev–Trinajstić information content (AvgIpc) is 2.89. The third-order valence-corrected chi connectivity index (χ3v) is 7.08. The second kappa shape index (κ2) is 27.0. The normalized spacial score (nSPS) is 13.9. The lowest BCUT2D eigenvalue weighted by molar-refractivity contribution is -0.140. The van der Waals surface area contributed by atoms with E-state index in [4.69, 9.17) is 24.3 Å². The smallest absolute Gasteiger partial charge is 0.469 e. The van der Waals surface area contributed by atoms with Crippen LogP contribution in [0.15, 0.2) is 0 Å². The monoisotopic (exact) mass is 553 g/mol. The maximum atomic E-state index is 11.9. The molecule has 0 aliphatic carbocycles. The molecule has 0 saturated heterocycles. The van der Waals surface area contributed by atoms with Crippen molar-refractivity contribution in [3.05, 3.63) is 0 Å². The molecule has 0 heterocycles. The zero-order chi connectivity index (χ0) is 27.5. The lowest BCUT2D eigenvalue weighted by Crippen LogP contribution is -2.26. The van der Waals surface area contributed by atoms with Gasteiger partial charge < -0.3 is 24.8 Å². The number of hydrogen-bond donors (Lipinski definition) is 2. The Morgan fingerprint density at radius 3 is 1.84 bits per heavy atom. The fraction of sp³-hybridized carbons (Fsp3) is 0.963. The Morgan fingerprint density at radius 2 is 1.30 bits per heavy atom. The molecule has 0 amide bonds. The summed E-state index contributed by atoms with van der Waals surface area (Å²) in [5.74, 6) is -0.255. The fourth-order valence-electron chi connectivity index (χ4n) is 3.86. The van der Waals surface area contributed by atoms with Gasteiger partial charge in [-0.2, -0.15) is 0 Å². The maximum Gasteiger partial charge on any atom is 0.472 e. The molecule has 1 unspecified atom stereocenters. The summed E-state index contributed by atoms with van der Waals surface area (Å²) in [7, 11) is -2.82. The van der Waals surface area contributed by atoms with Crippen molar-refractivity contribution < 1.29 is 37.5 Å². The zero-order valence-corrected chi connectivity index (χ0v) is 24.6. The number of ether oxygens (including phenoxy) is 3. The Hall–Kier alpha value is -0.540. The van der Waals surface area contributed by atoms with Gasteiger partial charge in [0.05, 0.1) is 26.9 Å². The number of nitrogens with two attached hydrogens (primary N) is 1. The minimum Gasteiger partial charge on any atom is -0.469 e. The predicted octanol–water partition coefficient (Wildman–Crippen LogP) is 6.31. The third-order valence-electron chi connectivity index (χ3n) is 6.10. The lowest BCUT2D eigenvalue weighted by Gasteiger charge is -2.20. The highest BCUT2D eigenvalue weighted by molar-refractivity contribution is 7.47. The van der Waals surface area contributed by atoms with E-state index in [0.29, 0.717) is 32.5 Å². The second-order valence-corrected chi connectivity index (χ2v) is 11.0. The van der Waals surface area contributed by atoms with Crippen LogP contribution >= 0.6 is 7.82 Å². The number of phosphoric ester groups is 1. The van der Waals surface area contributed by atoms with Crippen molar-refractivity contribution in [3.63, 3.8) is 0 Å². The van der Waals surface area contributed by atoms with Gasteiger partial charge in [0.25, 0.3) is 0 Å². The average molecular weight is 554 g/mol. The predicted molar refractivity (Wildman–Crippen MR) is 148 cm³/mol. The number of esters is 1. The van der Waals surface area contributed by atoms with Crippen molar-refractivity contribution in [2.24, 2.45) is 5.73 Å². The van der Waals surface area contributed by atoms with E-state index in [2.05, 4.69) is 11.7 Å². The Labute approximate surface area is 226 Å². The van der Waals surface area contributed by atoms with Crippen molar-refractivity contribution in [2.45, 2.75) is 122 Å². The summed E-state index contributed by atoms with van der Waals surface area (Å²) in [5, 5.41) is 0. The highest BCUT2D eigenvalue weighted by Gasteiger charge is 2.23. The molecule has 0 aromatic rings. The van der Waals surface area contributed by atoms with E-state index >= 15 is 0 Å². The number of unbranched alkanes of at least 4 members (excludes halogenated alkanes) is 14. The second-order valence-electron chi connectivity index (χ2n) is 9.58. The van der Waals surface area contributed by atoms with Crippen molar-refractivity contribution in [3.8, 4) is 0 Å². The minimum atomic E-state index is -4.18. The first kappa shape index (κ1) is 36.5. The lowest BCUT2D eigenvalue weighted by atomic mass is 10.0. The van der Waals surface area contributed by atoms with Gasteiger partial charge in [-0.15, -0.1) is 0 Å². The van der Waals surface area contributed by atoms with E-state index < -0.39 is 13.9 Å². The molecule has 0 radical (unpaired) electrons. The molecular formula is C27H56NO8P. The molecule has 37 heavy (non-hydrogen) atoms. The summed E-state index contributed by atoms with van der Waals surface area (Å²) in [6.07, 6.45) is 19.4. The van der Waals surface area contributed by atoms with Crippen molar-refractivity contribution >= 4 is 13.8 Å². The van der Waals surface area contributed by atoms with Crippen molar-refractivity contribution in [1.29, 1.82) is 0 Å².